The molecule has 0 radical (unpaired) electrons. The highest BCUT2D eigenvalue weighted by Crippen LogP contribution is 2.23. The van der Waals surface area contributed by atoms with Crippen LogP contribution in [0.1, 0.15) is 17.6 Å². The van der Waals surface area contributed by atoms with Crippen molar-refractivity contribution in [1.29, 1.82) is 0 Å². The van der Waals surface area contributed by atoms with Crippen molar-refractivity contribution in [2.75, 3.05) is 5.32 Å². The van der Waals surface area contributed by atoms with Crippen molar-refractivity contribution in [3.8, 4) is 0 Å². The molecule has 1 N–H and O–H groups in total. The molecule has 0 saturated heterocycles. The van der Waals surface area contributed by atoms with Crippen molar-refractivity contribution in [3.05, 3.63) is 64.4 Å². The first-order chi connectivity index (χ1) is 9.08. The summed E-state index contributed by atoms with van der Waals surface area (Å²) >= 11 is 5.65. The molecule has 0 aromatic heterocycles. The summed E-state index contributed by atoms with van der Waals surface area (Å²) in [5.41, 5.74) is 0.845. The lowest BCUT2D eigenvalue weighted by Gasteiger charge is -2.09. The van der Waals surface area contributed by atoms with Crippen molar-refractivity contribution in [3.63, 3.8) is 0 Å². The molecule has 100 valence electrons. The molecule has 0 aliphatic rings. The van der Waals surface area contributed by atoms with E-state index < -0.39 is 12.2 Å². The van der Waals surface area contributed by atoms with Gasteiger partial charge >= 0.3 is 0 Å². The molecule has 0 bridgehead atoms. The zero-order valence-corrected chi connectivity index (χ0v) is 10.6. The third-order valence-electron chi connectivity index (χ3n) is 2.64. The number of halogens is 4. The standard InChI is InChI=1S/C14H11ClF3N/c15-11-5-2-6-12(13(11)16)19-8-9-3-1-4-10(7-9)14(17)18/h1-7,14,19H,8H2. The second-order valence-corrected chi connectivity index (χ2v) is 4.41. The smallest absolute Gasteiger partial charge is 0.263 e. The highest BCUT2D eigenvalue weighted by molar-refractivity contribution is 6.31. The van der Waals surface area contributed by atoms with Gasteiger partial charge < -0.3 is 5.32 Å². The highest BCUT2D eigenvalue weighted by Gasteiger charge is 2.08. The summed E-state index contributed by atoms with van der Waals surface area (Å²) in [4.78, 5) is 0. The van der Waals surface area contributed by atoms with Gasteiger partial charge in [0.05, 0.1) is 10.7 Å². The zero-order valence-electron chi connectivity index (χ0n) is 9.84. The molecule has 0 aliphatic carbocycles. The Bertz CT molecular complexity index is 572. The molecular weight excluding hydrogens is 275 g/mol. The molecule has 2 rings (SSSR count). The van der Waals surface area contributed by atoms with Crippen molar-refractivity contribution in [1.82, 2.24) is 0 Å². The van der Waals surface area contributed by atoms with E-state index >= 15 is 0 Å². The van der Waals surface area contributed by atoms with Crippen LogP contribution < -0.4 is 5.32 Å². The Morgan fingerprint density at radius 1 is 1.11 bits per heavy atom. The summed E-state index contributed by atoms with van der Waals surface area (Å²) in [5.74, 6) is -0.547. The van der Waals surface area contributed by atoms with Gasteiger partial charge in [0, 0.05) is 12.1 Å². The predicted molar refractivity (Wildman–Crippen MR) is 70.1 cm³/mol. The van der Waals surface area contributed by atoms with Gasteiger partial charge in [0.25, 0.3) is 6.43 Å². The maximum Gasteiger partial charge on any atom is 0.263 e. The van der Waals surface area contributed by atoms with Crippen LogP contribution in [0.5, 0.6) is 0 Å². The summed E-state index contributed by atoms with van der Waals surface area (Å²) < 4.78 is 38.7. The Hall–Kier alpha value is -1.68. The summed E-state index contributed by atoms with van der Waals surface area (Å²) in [6.45, 7) is 0.248. The third-order valence-corrected chi connectivity index (χ3v) is 2.93. The zero-order chi connectivity index (χ0) is 13.8. The molecule has 2 aromatic rings. The number of hydrogen-bond acceptors (Lipinski definition) is 1. The molecule has 5 heteroatoms. The van der Waals surface area contributed by atoms with E-state index in [0.29, 0.717) is 5.56 Å². The first kappa shape index (κ1) is 13.7. The molecule has 0 atom stereocenters. The number of nitrogens with one attached hydrogen (secondary N) is 1. The van der Waals surface area contributed by atoms with Crippen LogP contribution >= 0.6 is 11.6 Å². The normalized spacial score (nSPS) is 10.8. The van der Waals surface area contributed by atoms with Gasteiger partial charge in [0.15, 0.2) is 5.82 Å². The Balaban J connectivity index is 2.10. The van der Waals surface area contributed by atoms with Gasteiger partial charge in [0.1, 0.15) is 0 Å². The van der Waals surface area contributed by atoms with E-state index in [1.807, 2.05) is 0 Å². The fourth-order valence-corrected chi connectivity index (χ4v) is 1.85. The van der Waals surface area contributed by atoms with Crippen LogP contribution in [0, 0.1) is 5.82 Å². The van der Waals surface area contributed by atoms with Crippen LogP contribution in [-0.4, -0.2) is 0 Å². The first-order valence-corrected chi connectivity index (χ1v) is 6.00. The van der Waals surface area contributed by atoms with Crippen LogP contribution in [0.3, 0.4) is 0 Å². The predicted octanol–water partition coefficient (Wildman–Crippen LogP) is 5.03. The molecule has 0 heterocycles. The Kier molecular flexibility index (Phi) is 4.32. The van der Waals surface area contributed by atoms with Gasteiger partial charge in [-0.05, 0) is 23.8 Å². The van der Waals surface area contributed by atoms with Crippen LogP contribution in [0.2, 0.25) is 5.02 Å². The molecular formula is C14H11ClF3N. The van der Waals surface area contributed by atoms with E-state index in [0.717, 1.165) is 0 Å². The average Bonchev–Trinajstić information content (AvgIpc) is 2.41. The van der Waals surface area contributed by atoms with E-state index in [1.165, 1.54) is 24.3 Å². The van der Waals surface area contributed by atoms with Crippen molar-refractivity contribution < 1.29 is 13.2 Å². The lowest BCUT2D eigenvalue weighted by Crippen LogP contribution is -2.02. The molecule has 2 aromatic carbocycles. The first-order valence-electron chi connectivity index (χ1n) is 5.63. The van der Waals surface area contributed by atoms with Gasteiger partial charge in [-0.3, -0.25) is 0 Å². The minimum atomic E-state index is -2.51. The lowest BCUT2D eigenvalue weighted by molar-refractivity contribution is 0.151. The van der Waals surface area contributed by atoms with Crippen LogP contribution in [0.4, 0.5) is 18.9 Å². The number of benzene rings is 2. The largest absolute Gasteiger partial charge is 0.379 e. The van der Waals surface area contributed by atoms with Gasteiger partial charge in [-0.1, -0.05) is 35.9 Å². The molecule has 0 spiro atoms. The summed E-state index contributed by atoms with van der Waals surface area (Å²) in [5, 5.41) is 2.85. The highest BCUT2D eigenvalue weighted by atomic mass is 35.5. The van der Waals surface area contributed by atoms with Gasteiger partial charge in [-0.25, -0.2) is 13.2 Å². The molecule has 0 amide bonds. The minimum Gasteiger partial charge on any atom is -0.379 e. The summed E-state index contributed by atoms with van der Waals surface area (Å²) in [7, 11) is 0. The second kappa shape index (κ2) is 5.97. The summed E-state index contributed by atoms with van der Waals surface area (Å²) in [6, 6.07) is 10.6. The van der Waals surface area contributed by atoms with Gasteiger partial charge in [-0.15, -0.1) is 0 Å². The quantitative estimate of drug-likeness (QED) is 0.831. The number of rotatable bonds is 4. The number of anilines is 1. The molecule has 0 unspecified atom stereocenters. The molecule has 19 heavy (non-hydrogen) atoms. The number of alkyl halides is 2. The molecule has 1 nitrogen and oxygen atoms in total. The Morgan fingerprint density at radius 3 is 2.58 bits per heavy atom. The van der Waals surface area contributed by atoms with E-state index in [1.54, 1.807) is 18.2 Å². The Labute approximate surface area is 114 Å². The maximum atomic E-state index is 13.6. The third kappa shape index (κ3) is 3.41. The Morgan fingerprint density at radius 2 is 1.84 bits per heavy atom. The van der Waals surface area contributed by atoms with Crippen molar-refractivity contribution in [2.24, 2.45) is 0 Å². The fourth-order valence-electron chi connectivity index (χ4n) is 1.68. The van der Waals surface area contributed by atoms with E-state index in [2.05, 4.69) is 5.32 Å². The van der Waals surface area contributed by atoms with E-state index in [-0.39, 0.29) is 22.8 Å². The van der Waals surface area contributed by atoms with Gasteiger partial charge in [0.2, 0.25) is 0 Å². The SMILES string of the molecule is Fc1c(Cl)cccc1NCc1cccc(C(F)F)c1. The maximum absolute atomic E-state index is 13.6. The van der Waals surface area contributed by atoms with Crippen LogP contribution in [0.25, 0.3) is 0 Å². The van der Waals surface area contributed by atoms with Crippen LogP contribution in [-0.2, 0) is 6.54 Å². The van der Waals surface area contributed by atoms with Crippen molar-refractivity contribution in [2.45, 2.75) is 13.0 Å². The topological polar surface area (TPSA) is 12.0 Å². The second-order valence-electron chi connectivity index (χ2n) is 4.00. The fraction of sp³-hybridized carbons (Fsp3) is 0.143. The van der Waals surface area contributed by atoms with Crippen molar-refractivity contribution >= 4 is 17.3 Å². The van der Waals surface area contributed by atoms with E-state index in [9.17, 15) is 13.2 Å². The minimum absolute atomic E-state index is 0.0198. The van der Waals surface area contributed by atoms with E-state index in [4.69, 9.17) is 11.6 Å². The number of hydrogen-bond donors (Lipinski definition) is 1. The monoisotopic (exact) mass is 285 g/mol. The average molecular weight is 286 g/mol. The molecule has 0 aliphatic heterocycles. The van der Waals surface area contributed by atoms with Gasteiger partial charge in [-0.2, -0.15) is 0 Å². The van der Waals surface area contributed by atoms with Crippen LogP contribution in [0.15, 0.2) is 42.5 Å². The summed E-state index contributed by atoms with van der Waals surface area (Å²) in [6.07, 6.45) is -2.51. The molecule has 0 fully saturated rings. The molecule has 0 saturated carbocycles. The lowest BCUT2D eigenvalue weighted by atomic mass is 10.1.